The van der Waals surface area contributed by atoms with E-state index in [2.05, 4.69) is 4.98 Å². The molecule has 0 radical (unpaired) electrons. The van der Waals surface area contributed by atoms with Gasteiger partial charge in [-0.05, 0) is 18.4 Å². The zero-order chi connectivity index (χ0) is 10.7. The summed E-state index contributed by atoms with van der Waals surface area (Å²) in [5, 5.41) is 9.98. The Morgan fingerprint density at radius 3 is 2.93 bits per heavy atom. The van der Waals surface area contributed by atoms with Gasteiger partial charge in [0, 0.05) is 11.8 Å². The third kappa shape index (κ3) is 2.48. The fourth-order valence-corrected chi connectivity index (χ4v) is 1.91. The Balaban J connectivity index is 1.99. The molecule has 0 bridgehead atoms. The summed E-state index contributed by atoms with van der Waals surface area (Å²) in [4.78, 5) is 4.04. The van der Waals surface area contributed by atoms with Crippen LogP contribution in [-0.2, 0) is 0 Å². The molecule has 1 unspecified atom stereocenters. The van der Waals surface area contributed by atoms with Gasteiger partial charge in [-0.2, -0.15) is 0 Å². The summed E-state index contributed by atoms with van der Waals surface area (Å²) in [5.41, 5.74) is 0.862. The van der Waals surface area contributed by atoms with E-state index in [0.29, 0.717) is 11.7 Å². The van der Waals surface area contributed by atoms with Crippen molar-refractivity contribution in [3.8, 4) is 5.75 Å². The van der Waals surface area contributed by atoms with Crippen LogP contribution in [0.4, 0.5) is 0 Å². The molecule has 15 heavy (non-hydrogen) atoms. The fraction of sp³-hybridized carbons (Fsp3) is 0.583. The maximum Gasteiger partial charge on any atom is 0.137 e. The van der Waals surface area contributed by atoms with Gasteiger partial charge in [0.15, 0.2) is 0 Å². The van der Waals surface area contributed by atoms with Gasteiger partial charge in [0.05, 0.1) is 19.4 Å². The van der Waals surface area contributed by atoms with Gasteiger partial charge in [0.1, 0.15) is 5.75 Å². The van der Waals surface area contributed by atoms with Gasteiger partial charge < -0.3 is 9.84 Å². The van der Waals surface area contributed by atoms with Gasteiger partial charge in [0.2, 0.25) is 0 Å². The summed E-state index contributed by atoms with van der Waals surface area (Å²) in [6.07, 6.45) is 7.66. The average Bonchev–Trinajstić information content (AvgIpc) is 2.23. The van der Waals surface area contributed by atoms with E-state index < -0.39 is 6.10 Å². The molecule has 0 spiro atoms. The number of aromatic nitrogens is 1. The number of hydrogen-bond donors (Lipinski definition) is 1. The number of methoxy groups -OCH3 is 1. The van der Waals surface area contributed by atoms with Crippen LogP contribution in [0.25, 0.3) is 0 Å². The quantitative estimate of drug-likeness (QED) is 0.823. The Bertz CT molecular complexity index is 323. The van der Waals surface area contributed by atoms with Crippen LogP contribution in [0, 0.1) is 5.92 Å². The second kappa shape index (κ2) is 4.62. The molecule has 0 saturated heterocycles. The first kappa shape index (κ1) is 10.4. The van der Waals surface area contributed by atoms with E-state index in [9.17, 15) is 5.11 Å². The second-order valence-corrected chi connectivity index (χ2v) is 4.21. The monoisotopic (exact) mass is 207 g/mol. The van der Waals surface area contributed by atoms with Gasteiger partial charge in [0.25, 0.3) is 0 Å². The van der Waals surface area contributed by atoms with E-state index >= 15 is 0 Å². The first-order chi connectivity index (χ1) is 7.29. The van der Waals surface area contributed by atoms with Crippen molar-refractivity contribution in [2.24, 2.45) is 5.92 Å². The lowest BCUT2D eigenvalue weighted by Gasteiger charge is -2.27. The van der Waals surface area contributed by atoms with Gasteiger partial charge >= 0.3 is 0 Å². The summed E-state index contributed by atoms with van der Waals surface area (Å²) in [6.45, 7) is 0. The Labute approximate surface area is 90.1 Å². The van der Waals surface area contributed by atoms with Crippen LogP contribution in [0.3, 0.4) is 0 Å². The highest BCUT2D eigenvalue weighted by atomic mass is 16.5. The van der Waals surface area contributed by atoms with Gasteiger partial charge in [-0.3, -0.25) is 4.98 Å². The van der Waals surface area contributed by atoms with Crippen molar-refractivity contribution in [1.82, 2.24) is 4.98 Å². The molecule has 0 amide bonds. The highest BCUT2D eigenvalue weighted by Crippen LogP contribution is 2.34. The third-order valence-corrected chi connectivity index (χ3v) is 3.14. The second-order valence-electron chi connectivity index (χ2n) is 4.21. The van der Waals surface area contributed by atoms with E-state index in [-0.39, 0.29) is 0 Å². The summed E-state index contributed by atoms with van der Waals surface area (Å²) in [7, 11) is 1.61. The van der Waals surface area contributed by atoms with Crippen molar-refractivity contribution in [3.05, 3.63) is 24.0 Å². The van der Waals surface area contributed by atoms with E-state index in [1.165, 1.54) is 19.3 Å². The molecule has 3 heteroatoms. The Hall–Kier alpha value is -1.09. The van der Waals surface area contributed by atoms with Gasteiger partial charge in [-0.15, -0.1) is 0 Å². The minimum atomic E-state index is -0.391. The number of ether oxygens (including phenoxy) is 1. The molecule has 1 aliphatic rings. The van der Waals surface area contributed by atoms with Crippen molar-refractivity contribution in [1.29, 1.82) is 0 Å². The highest BCUT2D eigenvalue weighted by Gasteiger charge is 2.22. The van der Waals surface area contributed by atoms with Gasteiger partial charge in [-0.25, -0.2) is 0 Å². The predicted molar refractivity (Wildman–Crippen MR) is 57.7 cm³/mol. The fourth-order valence-electron chi connectivity index (χ4n) is 1.91. The molecule has 3 nitrogen and oxygen atoms in total. The van der Waals surface area contributed by atoms with Crippen molar-refractivity contribution >= 4 is 0 Å². The summed E-state index contributed by atoms with van der Waals surface area (Å²) in [6, 6.07) is 1.86. The normalized spacial score (nSPS) is 18.3. The maximum atomic E-state index is 9.98. The molecular weight excluding hydrogens is 190 g/mol. The number of rotatable bonds is 4. The topological polar surface area (TPSA) is 42.4 Å². The first-order valence-corrected chi connectivity index (χ1v) is 5.46. The zero-order valence-corrected chi connectivity index (χ0v) is 9.02. The molecule has 1 saturated carbocycles. The van der Waals surface area contributed by atoms with Crippen molar-refractivity contribution in [2.75, 3.05) is 7.11 Å². The standard InChI is InChI=1S/C12H17NO2/c1-15-11-6-10(7-13-8-11)12(14)5-9-3-2-4-9/h6-9,12,14H,2-5H2,1H3. The van der Waals surface area contributed by atoms with Crippen molar-refractivity contribution in [3.63, 3.8) is 0 Å². The van der Waals surface area contributed by atoms with Crippen LogP contribution < -0.4 is 4.74 Å². The maximum absolute atomic E-state index is 9.98. The molecule has 1 fully saturated rings. The average molecular weight is 207 g/mol. The lowest BCUT2D eigenvalue weighted by Crippen LogP contribution is -2.15. The van der Waals surface area contributed by atoms with E-state index in [4.69, 9.17) is 4.74 Å². The molecule has 2 rings (SSSR count). The third-order valence-electron chi connectivity index (χ3n) is 3.14. The molecule has 1 atom stereocenters. The minimum absolute atomic E-state index is 0.391. The summed E-state index contributed by atoms with van der Waals surface area (Å²) >= 11 is 0. The van der Waals surface area contributed by atoms with Crippen LogP contribution in [0.2, 0.25) is 0 Å². The Kier molecular flexibility index (Phi) is 3.21. The van der Waals surface area contributed by atoms with Crippen molar-refractivity contribution < 1.29 is 9.84 Å². The molecule has 1 aromatic heterocycles. The van der Waals surface area contributed by atoms with E-state index in [1.54, 1.807) is 19.5 Å². The number of pyridine rings is 1. The molecule has 82 valence electrons. The molecule has 1 aromatic rings. The minimum Gasteiger partial charge on any atom is -0.495 e. The SMILES string of the molecule is COc1cncc(C(O)CC2CCC2)c1. The largest absolute Gasteiger partial charge is 0.495 e. The lowest BCUT2D eigenvalue weighted by atomic mass is 9.80. The highest BCUT2D eigenvalue weighted by molar-refractivity contribution is 5.25. The molecular formula is C12H17NO2. The predicted octanol–water partition coefficient (Wildman–Crippen LogP) is 2.31. The van der Waals surface area contributed by atoms with Crippen LogP contribution in [0.15, 0.2) is 18.5 Å². The first-order valence-electron chi connectivity index (χ1n) is 5.46. The van der Waals surface area contributed by atoms with Crippen LogP contribution in [0.1, 0.15) is 37.4 Å². The molecule has 1 heterocycles. The Morgan fingerprint density at radius 2 is 2.33 bits per heavy atom. The molecule has 0 aliphatic heterocycles. The lowest BCUT2D eigenvalue weighted by molar-refractivity contribution is 0.118. The van der Waals surface area contributed by atoms with E-state index in [0.717, 1.165) is 12.0 Å². The van der Waals surface area contributed by atoms with Crippen LogP contribution in [-0.4, -0.2) is 17.2 Å². The molecule has 1 N–H and O–H groups in total. The molecule has 0 aromatic carbocycles. The number of aliphatic hydroxyl groups excluding tert-OH is 1. The summed E-state index contributed by atoms with van der Waals surface area (Å²) in [5.74, 6) is 1.41. The smallest absolute Gasteiger partial charge is 0.137 e. The van der Waals surface area contributed by atoms with Crippen LogP contribution in [0.5, 0.6) is 5.75 Å². The number of aliphatic hydroxyl groups is 1. The van der Waals surface area contributed by atoms with Crippen LogP contribution >= 0.6 is 0 Å². The van der Waals surface area contributed by atoms with E-state index in [1.807, 2.05) is 6.07 Å². The summed E-state index contributed by atoms with van der Waals surface area (Å²) < 4.78 is 5.08. The van der Waals surface area contributed by atoms with Gasteiger partial charge in [-0.1, -0.05) is 19.3 Å². The molecule has 1 aliphatic carbocycles. The van der Waals surface area contributed by atoms with Crippen molar-refractivity contribution in [2.45, 2.75) is 31.8 Å². The number of hydrogen-bond acceptors (Lipinski definition) is 3. The Morgan fingerprint density at radius 1 is 1.53 bits per heavy atom. The zero-order valence-electron chi connectivity index (χ0n) is 9.02. The number of nitrogens with zero attached hydrogens (tertiary/aromatic N) is 1.